The second-order valence-corrected chi connectivity index (χ2v) is 4.69. The van der Waals surface area contributed by atoms with E-state index in [0.717, 1.165) is 11.3 Å². The lowest BCUT2D eigenvalue weighted by molar-refractivity contribution is -0.128. The largest absolute Gasteiger partial charge is 0.342 e. The first kappa shape index (κ1) is 12.6. The van der Waals surface area contributed by atoms with E-state index < -0.39 is 0 Å². The molecule has 1 unspecified atom stereocenters. The number of nitrogens with zero attached hydrogens (tertiary/aromatic N) is 1. The molecule has 0 saturated carbocycles. The minimum absolute atomic E-state index is 0.0649. The van der Waals surface area contributed by atoms with Crippen LogP contribution in [0.25, 0.3) is 0 Å². The molecule has 0 spiro atoms. The molecule has 1 heterocycles. The second-order valence-electron chi connectivity index (χ2n) is 4.69. The van der Waals surface area contributed by atoms with Gasteiger partial charge in [-0.25, -0.2) is 0 Å². The molecule has 1 saturated heterocycles. The fraction of sp³-hybridized carbons (Fsp3) is 0.429. The Morgan fingerprint density at radius 1 is 1.50 bits per heavy atom. The Morgan fingerprint density at radius 3 is 2.89 bits per heavy atom. The van der Waals surface area contributed by atoms with Crippen molar-refractivity contribution in [2.45, 2.75) is 20.3 Å². The number of carbonyl (C=O) groups excluding carboxylic acids is 2. The highest BCUT2D eigenvalue weighted by molar-refractivity contribution is 5.97. The summed E-state index contributed by atoms with van der Waals surface area (Å²) in [5, 5.41) is 2.87. The molecule has 1 atom stereocenters. The van der Waals surface area contributed by atoms with Crippen molar-refractivity contribution in [3.63, 3.8) is 0 Å². The lowest BCUT2D eigenvalue weighted by atomic mass is 10.1. The summed E-state index contributed by atoms with van der Waals surface area (Å²) in [6, 6.07) is 7.67. The topological polar surface area (TPSA) is 49.4 Å². The number of carbonyl (C=O) groups is 2. The summed E-state index contributed by atoms with van der Waals surface area (Å²) >= 11 is 0. The van der Waals surface area contributed by atoms with E-state index in [2.05, 4.69) is 5.32 Å². The van der Waals surface area contributed by atoms with E-state index in [1.165, 1.54) is 0 Å². The molecular formula is C14H18N2O2. The number of likely N-dealkylation sites (tertiary alicyclic amines) is 1. The summed E-state index contributed by atoms with van der Waals surface area (Å²) in [5.41, 5.74) is 1.90. The van der Waals surface area contributed by atoms with Gasteiger partial charge in [0.2, 0.25) is 11.8 Å². The molecule has 4 nitrogen and oxygen atoms in total. The Labute approximate surface area is 107 Å². The van der Waals surface area contributed by atoms with Crippen LogP contribution < -0.4 is 5.32 Å². The Morgan fingerprint density at radius 2 is 2.28 bits per heavy atom. The first-order valence-electron chi connectivity index (χ1n) is 6.25. The molecule has 1 aliphatic heterocycles. The minimum atomic E-state index is -0.224. The van der Waals surface area contributed by atoms with E-state index in [4.69, 9.17) is 0 Å². The van der Waals surface area contributed by atoms with E-state index in [1.54, 1.807) is 4.90 Å². The van der Waals surface area contributed by atoms with E-state index in [1.807, 2.05) is 38.1 Å². The maximum absolute atomic E-state index is 12.0. The Kier molecular flexibility index (Phi) is 3.65. The van der Waals surface area contributed by atoms with Crippen molar-refractivity contribution in [2.75, 3.05) is 18.4 Å². The summed E-state index contributed by atoms with van der Waals surface area (Å²) < 4.78 is 0. The monoisotopic (exact) mass is 246 g/mol. The molecular weight excluding hydrogens is 228 g/mol. The zero-order valence-corrected chi connectivity index (χ0v) is 10.8. The lowest BCUT2D eigenvalue weighted by Gasteiger charge is -2.13. The molecule has 1 aliphatic rings. The highest BCUT2D eigenvalue weighted by atomic mass is 16.2. The minimum Gasteiger partial charge on any atom is -0.342 e. The zero-order chi connectivity index (χ0) is 13.1. The fourth-order valence-electron chi connectivity index (χ4n) is 2.22. The van der Waals surface area contributed by atoms with Crippen molar-refractivity contribution in [1.82, 2.24) is 4.90 Å². The molecule has 18 heavy (non-hydrogen) atoms. The number of aryl methyl sites for hydroxylation is 1. The van der Waals surface area contributed by atoms with Gasteiger partial charge in [-0.2, -0.15) is 0 Å². The molecule has 0 radical (unpaired) electrons. The van der Waals surface area contributed by atoms with Crippen LogP contribution in [0, 0.1) is 12.8 Å². The SMILES string of the molecule is CCN1CC(C(=O)Nc2cccc(C)c2)CC1=O. The molecule has 1 fully saturated rings. The highest BCUT2D eigenvalue weighted by Gasteiger charge is 2.33. The first-order valence-corrected chi connectivity index (χ1v) is 6.25. The number of benzene rings is 1. The van der Waals surface area contributed by atoms with E-state index in [9.17, 15) is 9.59 Å². The molecule has 2 rings (SSSR count). The normalized spacial score (nSPS) is 19.1. The summed E-state index contributed by atoms with van der Waals surface area (Å²) in [4.78, 5) is 25.3. The molecule has 1 aromatic carbocycles. The number of nitrogens with one attached hydrogen (secondary N) is 1. The average molecular weight is 246 g/mol. The molecule has 4 heteroatoms. The third kappa shape index (κ3) is 2.70. The van der Waals surface area contributed by atoms with E-state index in [-0.39, 0.29) is 17.7 Å². The smallest absolute Gasteiger partial charge is 0.229 e. The molecule has 96 valence electrons. The van der Waals surface area contributed by atoms with Gasteiger partial charge < -0.3 is 10.2 Å². The average Bonchev–Trinajstić information content (AvgIpc) is 2.70. The number of rotatable bonds is 3. The molecule has 1 aromatic rings. The number of hydrogen-bond donors (Lipinski definition) is 1. The van der Waals surface area contributed by atoms with Crippen molar-refractivity contribution in [1.29, 1.82) is 0 Å². The third-order valence-electron chi connectivity index (χ3n) is 3.25. The summed E-state index contributed by atoms with van der Waals surface area (Å²) in [6.45, 7) is 5.12. The number of amides is 2. The third-order valence-corrected chi connectivity index (χ3v) is 3.25. The summed E-state index contributed by atoms with van der Waals surface area (Å²) in [5.74, 6) is -0.218. The summed E-state index contributed by atoms with van der Waals surface area (Å²) in [7, 11) is 0. The van der Waals surface area contributed by atoms with Crippen LogP contribution in [-0.4, -0.2) is 29.8 Å². The summed E-state index contributed by atoms with van der Waals surface area (Å²) in [6.07, 6.45) is 0.325. The van der Waals surface area contributed by atoms with Gasteiger partial charge in [-0.1, -0.05) is 12.1 Å². The van der Waals surface area contributed by atoms with Gasteiger partial charge in [0.05, 0.1) is 5.92 Å². The van der Waals surface area contributed by atoms with E-state index in [0.29, 0.717) is 19.5 Å². The van der Waals surface area contributed by atoms with Gasteiger partial charge in [0.1, 0.15) is 0 Å². The van der Waals surface area contributed by atoms with E-state index >= 15 is 0 Å². The Balaban J connectivity index is 1.99. The van der Waals surface area contributed by atoms with Crippen molar-refractivity contribution in [3.8, 4) is 0 Å². The van der Waals surface area contributed by atoms with Gasteiger partial charge in [0.25, 0.3) is 0 Å². The number of hydrogen-bond acceptors (Lipinski definition) is 2. The standard InChI is InChI=1S/C14H18N2O2/c1-3-16-9-11(8-13(16)17)14(18)15-12-6-4-5-10(2)7-12/h4-7,11H,3,8-9H2,1-2H3,(H,15,18). The quantitative estimate of drug-likeness (QED) is 0.884. The van der Waals surface area contributed by atoms with Gasteiger partial charge in [-0.05, 0) is 31.5 Å². The van der Waals surface area contributed by atoms with Crippen molar-refractivity contribution < 1.29 is 9.59 Å². The van der Waals surface area contributed by atoms with Crippen LogP contribution in [0.4, 0.5) is 5.69 Å². The van der Waals surface area contributed by atoms with Gasteiger partial charge in [-0.3, -0.25) is 9.59 Å². The maximum Gasteiger partial charge on any atom is 0.229 e. The maximum atomic E-state index is 12.0. The van der Waals surface area contributed by atoms with Crippen LogP contribution in [0.5, 0.6) is 0 Å². The fourth-order valence-corrected chi connectivity index (χ4v) is 2.22. The number of anilines is 1. The lowest BCUT2D eigenvalue weighted by Crippen LogP contribution is -2.28. The van der Waals surface area contributed by atoms with Crippen molar-refractivity contribution >= 4 is 17.5 Å². The molecule has 1 N–H and O–H groups in total. The first-order chi connectivity index (χ1) is 8.60. The van der Waals surface area contributed by atoms with Crippen LogP contribution in [-0.2, 0) is 9.59 Å². The van der Waals surface area contributed by atoms with Crippen molar-refractivity contribution in [3.05, 3.63) is 29.8 Å². The van der Waals surface area contributed by atoms with Crippen LogP contribution in [0.1, 0.15) is 18.9 Å². The second kappa shape index (κ2) is 5.21. The predicted octanol–water partition coefficient (Wildman–Crippen LogP) is 1.80. The highest BCUT2D eigenvalue weighted by Crippen LogP contribution is 2.19. The molecule has 0 aromatic heterocycles. The predicted molar refractivity (Wildman–Crippen MR) is 70.2 cm³/mol. The van der Waals surface area contributed by atoms with Gasteiger partial charge in [0.15, 0.2) is 0 Å². The zero-order valence-electron chi connectivity index (χ0n) is 10.8. The van der Waals surface area contributed by atoms with Crippen molar-refractivity contribution in [2.24, 2.45) is 5.92 Å². The van der Waals surface area contributed by atoms with Gasteiger partial charge in [-0.15, -0.1) is 0 Å². The van der Waals surface area contributed by atoms with Crippen LogP contribution in [0.2, 0.25) is 0 Å². The molecule has 0 aliphatic carbocycles. The Bertz CT molecular complexity index is 471. The van der Waals surface area contributed by atoms with Crippen LogP contribution >= 0.6 is 0 Å². The molecule has 2 amide bonds. The molecule has 0 bridgehead atoms. The van der Waals surface area contributed by atoms with Crippen LogP contribution in [0.3, 0.4) is 0 Å². The Hall–Kier alpha value is -1.84. The van der Waals surface area contributed by atoms with Crippen LogP contribution in [0.15, 0.2) is 24.3 Å². The van der Waals surface area contributed by atoms with Gasteiger partial charge in [0, 0.05) is 25.2 Å². The van der Waals surface area contributed by atoms with Gasteiger partial charge >= 0.3 is 0 Å².